The van der Waals surface area contributed by atoms with Gasteiger partial charge >= 0.3 is 0 Å². The first-order valence-corrected chi connectivity index (χ1v) is 8.01. The topological polar surface area (TPSA) is 45.2 Å². The van der Waals surface area contributed by atoms with Gasteiger partial charge in [-0.05, 0) is 50.6 Å². The number of nitrogens with zero attached hydrogens (tertiary/aromatic N) is 5. The normalized spacial score (nSPS) is 26.6. The first kappa shape index (κ1) is 13.9. The van der Waals surface area contributed by atoms with Gasteiger partial charge in [0.15, 0.2) is 0 Å². The van der Waals surface area contributed by atoms with Crippen LogP contribution in [-0.2, 0) is 0 Å². The molecule has 3 rings (SSSR count). The molecule has 1 aromatic rings. The second-order valence-electron chi connectivity index (χ2n) is 5.79. The lowest BCUT2D eigenvalue weighted by atomic mass is 10.2. The number of anilines is 2. The Morgan fingerprint density at radius 1 is 1.10 bits per heavy atom. The number of aromatic nitrogens is 3. The van der Waals surface area contributed by atoms with Gasteiger partial charge in [0, 0.05) is 25.2 Å². The van der Waals surface area contributed by atoms with Gasteiger partial charge in [0.25, 0.3) is 0 Å². The number of hydrogen-bond acceptors (Lipinski definition) is 5. The Morgan fingerprint density at radius 2 is 1.80 bits per heavy atom. The van der Waals surface area contributed by atoms with Crippen LogP contribution < -0.4 is 9.80 Å². The van der Waals surface area contributed by atoms with Crippen LogP contribution in [0.15, 0.2) is 0 Å². The highest BCUT2D eigenvalue weighted by Gasteiger charge is 2.32. The zero-order chi connectivity index (χ0) is 14.1. The van der Waals surface area contributed by atoms with E-state index < -0.39 is 0 Å². The first-order valence-electron chi connectivity index (χ1n) is 7.64. The van der Waals surface area contributed by atoms with E-state index in [1.165, 1.54) is 25.7 Å². The zero-order valence-electron chi connectivity index (χ0n) is 12.2. The molecule has 0 saturated carbocycles. The summed E-state index contributed by atoms with van der Waals surface area (Å²) in [5.74, 6) is 1.50. The maximum atomic E-state index is 6.13. The van der Waals surface area contributed by atoms with Crippen LogP contribution in [-0.4, -0.2) is 40.1 Å². The Kier molecular flexibility index (Phi) is 3.96. The molecule has 0 spiro atoms. The van der Waals surface area contributed by atoms with Gasteiger partial charge in [0.05, 0.1) is 0 Å². The van der Waals surface area contributed by atoms with Gasteiger partial charge in [0.1, 0.15) is 0 Å². The van der Waals surface area contributed by atoms with Crippen molar-refractivity contribution < 1.29 is 0 Å². The predicted octanol–water partition coefficient (Wildman–Crippen LogP) is 2.89. The quantitative estimate of drug-likeness (QED) is 0.858. The Bertz CT molecular complexity index is 475. The van der Waals surface area contributed by atoms with Gasteiger partial charge < -0.3 is 9.80 Å². The van der Waals surface area contributed by atoms with E-state index in [4.69, 9.17) is 16.6 Å². The standard InChI is InChI=1S/C14H22ClN5/c1-3-11-7-6-10(2)20(11)14-17-12(15)16-13(18-14)19-8-4-5-9-19/h10-11H,3-9H2,1-2H3. The van der Waals surface area contributed by atoms with Crippen molar-refractivity contribution in [1.82, 2.24) is 15.0 Å². The Labute approximate surface area is 125 Å². The van der Waals surface area contributed by atoms with Crippen LogP contribution in [0.4, 0.5) is 11.9 Å². The second-order valence-corrected chi connectivity index (χ2v) is 6.13. The predicted molar refractivity (Wildman–Crippen MR) is 81.5 cm³/mol. The molecular weight excluding hydrogens is 274 g/mol. The number of halogens is 1. The molecule has 6 heteroatoms. The van der Waals surface area contributed by atoms with Crippen molar-refractivity contribution in [2.24, 2.45) is 0 Å². The van der Waals surface area contributed by atoms with Crippen molar-refractivity contribution in [3.8, 4) is 0 Å². The van der Waals surface area contributed by atoms with E-state index in [1.807, 2.05) is 0 Å². The summed E-state index contributed by atoms with van der Waals surface area (Å²) >= 11 is 6.13. The molecule has 2 aliphatic rings. The van der Waals surface area contributed by atoms with Gasteiger partial charge in [-0.3, -0.25) is 0 Å². The molecule has 5 nitrogen and oxygen atoms in total. The fourth-order valence-corrected chi connectivity index (χ4v) is 3.49. The fourth-order valence-electron chi connectivity index (χ4n) is 3.34. The van der Waals surface area contributed by atoms with E-state index in [1.54, 1.807) is 0 Å². The Hall–Kier alpha value is -1.10. The second kappa shape index (κ2) is 5.72. The van der Waals surface area contributed by atoms with E-state index >= 15 is 0 Å². The average Bonchev–Trinajstić information content (AvgIpc) is 3.06. The highest BCUT2D eigenvalue weighted by Crippen LogP contribution is 2.31. The van der Waals surface area contributed by atoms with Crippen LogP contribution in [0.1, 0.15) is 46.0 Å². The third kappa shape index (κ3) is 2.55. The molecule has 0 radical (unpaired) electrons. The molecule has 2 unspecified atom stereocenters. The van der Waals surface area contributed by atoms with Gasteiger partial charge in [-0.1, -0.05) is 6.92 Å². The largest absolute Gasteiger partial charge is 0.341 e. The third-order valence-corrected chi connectivity index (χ3v) is 4.63. The monoisotopic (exact) mass is 295 g/mol. The van der Waals surface area contributed by atoms with Gasteiger partial charge in [-0.2, -0.15) is 15.0 Å². The minimum Gasteiger partial charge on any atom is -0.341 e. The molecule has 2 saturated heterocycles. The molecule has 3 heterocycles. The smallest absolute Gasteiger partial charge is 0.231 e. The van der Waals surface area contributed by atoms with Crippen molar-refractivity contribution in [2.75, 3.05) is 22.9 Å². The summed E-state index contributed by atoms with van der Waals surface area (Å²) in [5, 5.41) is 0.311. The van der Waals surface area contributed by atoms with Crippen molar-refractivity contribution in [3.05, 3.63) is 5.28 Å². The lowest BCUT2D eigenvalue weighted by Gasteiger charge is -2.28. The average molecular weight is 296 g/mol. The summed E-state index contributed by atoms with van der Waals surface area (Å²) in [6, 6.07) is 1.000. The van der Waals surface area contributed by atoms with Crippen molar-refractivity contribution in [2.45, 2.75) is 58.0 Å². The molecule has 2 fully saturated rings. The van der Waals surface area contributed by atoms with Crippen molar-refractivity contribution in [1.29, 1.82) is 0 Å². The van der Waals surface area contributed by atoms with Crippen LogP contribution in [0.3, 0.4) is 0 Å². The van der Waals surface area contributed by atoms with E-state index in [9.17, 15) is 0 Å². The SMILES string of the molecule is CCC1CCC(C)N1c1nc(Cl)nc(N2CCCC2)n1. The van der Waals surface area contributed by atoms with E-state index in [0.29, 0.717) is 17.4 Å². The maximum absolute atomic E-state index is 6.13. The van der Waals surface area contributed by atoms with Crippen molar-refractivity contribution >= 4 is 23.5 Å². The molecule has 2 atom stereocenters. The van der Waals surface area contributed by atoms with Crippen LogP contribution in [0.25, 0.3) is 0 Å². The van der Waals surface area contributed by atoms with Gasteiger partial charge in [-0.15, -0.1) is 0 Å². The summed E-state index contributed by atoms with van der Waals surface area (Å²) in [4.78, 5) is 17.9. The summed E-state index contributed by atoms with van der Waals surface area (Å²) in [7, 11) is 0. The van der Waals surface area contributed by atoms with E-state index in [2.05, 4.69) is 33.6 Å². The van der Waals surface area contributed by atoms with Crippen LogP contribution in [0, 0.1) is 0 Å². The van der Waals surface area contributed by atoms with Crippen molar-refractivity contribution in [3.63, 3.8) is 0 Å². The summed E-state index contributed by atoms with van der Waals surface area (Å²) in [6.45, 7) is 6.50. The molecule has 1 aromatic heterocycles. The van der Waals surface area contributed by atoms with Crippen LogP contribution in [0.5, 0.6) is 0 Å². The highest BCUT2D eigenvalue weighted by atomic mass is 35.5. The molecule has 0 aliphatic carbocycles. The molecule has 0 N–H and O–H groups in total. The molecule has 2 aliphatic heterocycles. The fraction of sp³-hybridized carbons (Fsp3) is 0.786. The van der Waals surface area contributed by atoms with E-state index in [-0.39, 0.29) is 0 Å². The lowest BCUT2D eigenvalue weighted by Crippen LogP contribution is -2.36. The number of rotatable bonds is 3. The molecule has 0 amide bonds. The molecular formula is C14H22ClN5. The summed E-state index contributed by atoms with van der Waals surface area (Å²) < 4.78 is 0. The first-order chi connectivity index (χ1) is 9.69. The molecule has 110 valence electrons. The Morgan fingerprint density at radius 3 is 2.50 bits per heavy atom. The third-order valence-electron chi connectivity index (χ3n) is 4.46. The molecule has 0 aromatic carbocycles. The van der Waals surface area contributed by atoms with Gasteiger partial charge in [-0.25, -0.2) is 0 Å². The molecule has 0 bridgehead atoms. The summed E-state index contributed by atoms with van der Waals surface area (Å²) in [6.07, 6.45) is 5.93. The summed E-state index contributed by atoms with van der Waals surface area (Å²) in [5.41, 5.74) is 0. The van der Waals surface area contributed by atoms with E-state index in [0.717, 1.165) is 31.4 Å². The molecule has 20 heavy (non-hydrogen) atoms. The minimum absolute atomic E-state index is 0.311. The highest BCUT2D eigenvalue weighted by molar-refractivity contribution is 6.28. The number of hydrogen-bond donors (Lipinski definition) is 0. The zero-order valence-corrected chi connectivity index (χ0v) is 13.0. The lowest BCUT2D eigenvalue weighted by molar-refractivity contribution is 0.610. The maximum Gasteiger partial charge on any atom is 0.231 e. The minimum atomic E-state index is 0.311. The Balaban J connectivity index is 1.92. The van der Waals surface area contributed by atoms with Crippen LogP contribution >= 0.6 is 11.6 Å². The van der Waals surface area contributed by atoms with Crippen LogP contribution in [0.2, 0.25) is 5.28 Å². The van der Waals surface area contributed by atoms with Gasteiger partial charge in [0.2, 0.25) is 17.2 Å².